The first-order valence-electron chi connectivity index (χ1n) is 11.7. The average Bonchev–Trinajstić information content (AvgIpc) is 2.79. The fourth-order valence-corrected chi connectivity index (χ4v) is 4.65. The minimum absolute atomic E-state index is 0.220. The second-order valence-corrected chi connectivity index (χ2v) is 10.9. The van der Waals surface area contributed by atoms with Crippen LogP contribution in [0.2, 0.25) is 0 Å². The van der Waals surface area contributed by atoms with Gasteiger partial charge in [0.05, 0.1) is 11.5 Å². The van der Waals surface area contributed by atoms with Crippen molar-refractivity contribution in [3.63, 3.8) is 0 Å². The van der Waals surface area contributed by atoms with Crippen LogP contribution < -0.4 is 5.73 Å². The molecule has 1 aromatic rings. The predicted octanol–water partition coefficient (Wildman–Crippen LogP) is 1.88. The lowest BCUT2D eigenvalue weighted by molar-refractivity contribution is -0.152. The monoisotopic (exact) mass is 482 g/mol. The lowest BCUT2D eigenvalue weighted by Crippen LogP contribution is -2.50. The first kappa shape index (κ1) is 27.7. The Balaban J connectivity index is 1.76. The number of benzene rings is 1. The van der Waals surface area contributed by atoms with Crippen molar-refractivity contribution in [1.82, 2.24) is 9.80 Å². The molecule has 33 heavy (non-hydrogen) atoms. The van der Waals surface area contributed by atoms with Gasteiger partial charge in [0.2, 0.25) is 0 Å². The maximum absolute atomic E-state index is 12.5. The molecule has 0 bridgehead atoms. The molecule has 187 valence electrons. The van der Waals surface area contributed by atoms with E-state index in [1.165, 1.54) is 6.26 Å². The zero-order valence-corrected chi connectivity index (χ0v) is 20.9. The number of nitrogens with two attached hydrogens (primary N) is 1. The van der Waals surface area contributed by atoms with Gasteiger partial charge in [0, 0.05) is 46.1 Å². The van der Waals surface area contributed by atoms with Gasteiger partial charge in [-0.1, -0.05) is 31.9 Å². The van der Waals surface area contributed by atoms with E-state index < -0.39 is 15.4 Å². The number of methoxy groups -OCH3 is 1. The van der Waals surface area contributed by atoms with Crippen molar-refractivity contribution in [2.45, 2.75) is 49.1 Å². The minimum Gasteiger partial charge on any atom is -0.462 e. The molecule has 0 spiro atoms. The van der Waals surface area contributed by atoms with Crippen LogP contribution in [-0.2, 0) is 30.7 Å². The maximum Gasteiger partial charge on any atom is 0.326 e. The normalized spacial score (nSPS) is 17.6. The van der Waals surface area contributed by atoms with Gasteiger partial charge in [0.15, 0.2) is 9.84 Å². The Morgan fingerprint density at radius 2 is 1.67 bits per heavy atom. The molecule has 1 unspecified atom stereocenters. The van der Waals surface area contributed by atoms with Crippen molar-refractivity contribution in [2.75, 3.05) is 59.3 Å². The van der Waals surface area contributed by atoms with Crippen molar-refractivity contribution >= 4 is 15.8 Å². The van der Waals surface area contributed by atoms with Crippen molar-refractivity contribution in [1.29, 1.82) is 0 Å². The zero-order valence-electron chi connectivity index (χ0n) is 20.1. The molecule has 0 aliphatic carbocycles. The lowest BCUT2D eigenvalue weighted by atomic mass is 9.88. The molecular weight excluding hydrogens is 442 g/mol. The first-order chi connectivity index (χ1) is 15.7. The molecule has 1 atom stereocenters. The molecular formula is C24H40N3O5S. The molecule has 0 aromatic heterocycles. The Bertz CT molecular complexity index is 823. The van der Waals surface area contributed by atoms with Gasteiger partial charge in [0.25, 0.3) is 0 Å². The SMILES string of the molecule is [CH2]CCCC(N)(CCCN1CCN(Cc2ccc(S(C)(=O)=O)cc2)CC1)C(=O)OCCOC. The van der Waals surface area contributed by atoms with E-state index in [4.69, 9.17) is 15.2 Å². The summed E-state index contributed by atoms with van der Waals surface area (Å²) in [5.41, 5.74) is 6.61. The van der Waals surface area contributed by atoms with Gasteiger partial charge in [-0.2, -0.15) is 0 Å². The van der Waals surface area contributed by atoms with Gasteiger partial charge >= 0.3 is 5.97 Å². The van der Waals surface area contributed by atoms with Gasteiger partial charge in [-0.15, -0.1) is 0 Å². The molecule has 1 heterocycles. The molecule has 2 rings (SSSR count). The van der Waals surface area contributed by atoms with E-state index in [0.717, 1.165) is 64.1 Å². The topological polar surface area (TPSA) is 102 Å². The summed E-state index contributed by atoms with van der Waals surface area (Å²) in [5.74, 6) is -0.347. The molecule has 0 amide bonds. The van der Waals surface area contributed by atoms with Crippen LogP contribution in [0, 0.1) is 6.92 Å². The summed E-state index contributed by atoms with van der Waals surface area (Å²) < 4.78 is 33.5. The second-order valence-electron chi connectivity index (χ2n) is 8.88. The Morgan fingerprint density at radius 3 is 2.24 bits per heavy atom. The lowest BCUT2D eigenvalue weighted by Gasteiger charge is -2.35. The fraction of sp³-hybridized carbons (Fsp3) is 0.667. The summed E-state index contributed by atoms with van der Waals surface area (Å²) in [6, 6.07) is 7.13. The number of unbranched alkanes of at least 4 members (excludes halogenated alkanes) is 1. The number of nitrogens with zero attached hydrogens (tertiary/aromatic N) is 2. The highest BCUT2D eigenvalue weighted by Crippen LogP contribution is 2.21. The number of ether oxygens (including phenoxy) is 2. The van der Waals surface area contributed by atoms with Gasteiger partial charge in [0.1, 0.15) is 12.1 Å². The second kappa shape index (κ2) is 13.4. The number of sulfone groups is 1. The molecule has 1 fully saturated rings. The van der Waals surface area contributed by atoms with Gasteiger partial charge in [-0.25, -0.2) is 8.42 Å². The largest absolute Gasteiger partial charge is 0.462 e. The van der Waals surface area contributed by atoms with Crippen LogP contribution in [-0.4, -0.2) is 89.0 Å². The van der Waals surface area contributed by atoms with Crippen LogP contribution in [0.3, 0.4) is 0 Å². The van der Waals surface area contributed by atoms with Crippen LogP contribution in [0.5, 0.6) is 0 Å². The summed E-state index contributed by atoms with van der Waals surface area (Å²) in [6.45, 7) is 9.95. The van der Waals surface area contributed by atoms with E-state index in [1.807, 2.05) is 12.1 Å². The van der Waals surface area contributed by atoms with Crippen LogP contribution in [0.25, 0.3) is 0 Å². The molecule has 8 nitrogen and oxygen atoms in total. The molecule has 1 aromatic carbocycles. The van der Waals surface area contributed by atoms with E-state index >= 15 is 0 Å². The molecule has 1 aliphatic rings. The van der Waals surface area contributed by atoms with E-state index in [2.05, 4.69) is 16.7 Å². The molecule has 1 aliphatic heterocycles. The van der Waals surface area contributed by atoms with E-state index in [9.17, 15) is 13.2 Å². The molecule has 1 radical (unpaired) electrons. The van der Waals surface area contributed by atoms with Crippen LogP contribution in [0.1, 0.15) is 37.7 Å². The van der Waals surface area contributed by atoms with E-state index in [1.54, 1.807) is 19.2 Å². The standard InChI is InChI=1S/C24H40N3O5S/c1-4-5-11-24(25,23(28)32-19-18-31-2)12-6-13-26-14-16-27(17-15-26)20-21-7-9-22(10-8-21)33(3,29)30/h7-10H,1,4-6,11-20,25H2,2-3H3. The number of piperazine rings is 1. The Labute approximate surface area is 199 Å². The zero-order chi connectivity index (χ0) is 24.3. The number of hydrogen-bond acceptors (Lipinski definition) is 8. The molecule has 1 saturated heterocycles. The number of hydrogen-bond donors (Lipinski definition) is 1. The molecule has 9 heteroatoms. The Morgan fingerprint density at radius 1 is 1.06 bits per heavy atom. The number of carbonyl (C=O) groups is 1. The van der Waals surface area contributed by atoms with Gasteiger partial charge < -0.3 is 20.1 Å². The van der Waals surface area contributed by atoms with Crippen molar-refractivity contribution in [2.24, 2.45) is 5.73 Å². The van der Waals surface area contributed by atoms with Gasteiger partial charge in [-0.05, 0) is 43.5 Å². The summed E-state index contributed by atoms with van der Waals surface area (Å²) in [5, 5.41) is 0. The maximum atomic E-state index is 12.5. The van der Waals surface area contributed by atoms with E-state index in [-0.39, 0.29) is 12.6 Å². The third-order valence-electron chi connectivity index (χ3n) is 6.12. The highest BCUT2D eigenvalue weighted by Gasteiger charge is 2.34. The summed E-state index contributed by atoms with van der Waals surface area (Å²) in [6.07, 6.45) is 4.75. The van der Waals surface area contributed by atoms with Crippen LogP contribution in [0.15, 0.2) is 29.2 Å². The first-order valence-corrected chi connectivity index (χ1v) is 13.5. The Kier molecular flexibility index (Phi) is 11.2. The highest BCUT2D eigenvalue weighted by molar-refractivity contribution is 7.90. The fourth-order valence-electron chi connectivity index (χ4n) is 4.02. The third-order valence-corrected chi connectivity index (χ3v) is 7.25. The Hall–Kier alpha value is -1.52. The summed E-state index contributed by atoms with van der Waals surface area (Å²) in [4.78, 5) is 17.7. The van der Waals surface area contributed by atoms with Crippen molar-refractivity contribution in [3.8, 4) is 0 Å². The summed E-state index contributed by atoms with van der Waals surface area (Å²) >= 11 is 0. The molecule has 2 N–H and O–H groups in total. The number of rotatable bonds is 14. The molecule has 0 saturated carbocycles. The van der Waals surface area contributed by atoms with Crippen LogP contribution >= 0.6 is 0 Å². The van der Waals surface area contributed by atoms with Crippen molar-refractivity contribution < 1.29 is 22.7 Å². The number of esters is 1. The highest BCUT2D eigenvalue weighted by atomic mass is 32.2. The van der Waals surface area contributed by atoms with Gasteiger partial charge in [-0.3, -0.25) is 9.69 Å². The predicted molar refractivity (Wildman–Crippen MR) is 129 cm³/mol. The van der Waals surface area contributed by atoms with Crippen molar-refractivity contribution in [3.05, 3.63) is 36.8 Å². The van der Waals surface area contributed by atoms with E-state index in [0.29, 0.717) is 24.3 Å². The smallest absolute Gasteiger partial charge is 0.326 e. The van der Waals surface area contributed by atoms with Crippen LogP contribution in [0.4, 0.5) is 0 Å². The summed E-state index contributed by atoms with van der Waals surface area (Å²) in [7, 11) is -1.59. The number of carbonyl (C=O) groups excluding carboxylic acids is 1. The minimum atomic E-state index is -3.16. The quantitative estimate of drug-likeness (QED) is 0.317. The third kappa shape index (κ3) is 9.33. The average molecular weight is 483 g/mol.